The fourth-order valence-electron chi connectivity index (χ4n) is 1.21. The van der Waals surface area contributed by atoms with Gasteiger partial charge >= 0.3 is 0 Å². The van der Waals surface area contributed by atoms with Crippen molar-refractivity contribution in [3.8, 4) is 0 Å². The van der Waals surface area contributed by atoms with Crippen molar-refractivity contribution in [3.63, 3.8) is 0 Å². The molecule has 1 atom stereocenters. The van der Waals surface area contributed by atoms with E-state index in [1.807, 2.05) is 0 Å². The van der Waals surface area contributed by atoms with Crippen molar-refractivity contribution in [1.29, 1.82) is 0 Å². The van der Waals surface area contributed by atoms with E-state index in [1.165, 1.54) is 17.8 Å². The molecular weight excluding hydrogens is 214 g/mol. The number of nitrogens with zero attached hydrogens (tertiary/aromatic N) is 1. The Balaban J connectivity index is 3.18. The van der Waals surface area contributed by atoms with Crippen LogP contribution >= 0.6 is 11.8 Å². The summed E-state index contributed by atoms with van der Waals surface area (Å²) in [6.45, 7) is 1.76. The molecule has 15 heavy (non-hydrogen) atoms. The van der Waals surface area contributed by atoms with Crippen molar-refractivity contribution in [2.24, 2.45) is 0 Å². The van der Waals surface area contributed by atoms with E-state index in [0.29, 0.717) is 4.90 Å². The molecule has 0 spiro atoms. The van der Waals surface area contributed by atoms with E-state index in [2.05, 4.69) is 0 Å². The van der Waals surface area contributed by atoms with Gasteiger partial charge in [0.25, 0.3) is 5.69 Å². The van der Waals surface area contributed by atoms with E-state index >= 15 is 0 Å². The van der Waals surface area contributed by atoms with Gasteiger partial charge in [-0.15, -0.1) is 11.8 Å². The zero-order valence-electron chi connectivity index (χ0n) is 8.47. The molecule has 0 aliphatic carbocycles. The molecule has 0 N–H and O–H groups in total. The lowest BCUT2D eigenvalue weighted by atomic mass is 10.0. The van der Waals surface area contributed by atoms with E-state index in [9.17, 15) is 14.9 Å². The Kier molecular flexibility index (Phi) is 3.85. The van der Waals surface area contributed by atoms with E-state index in [4.69, 9.17) is 0 Å². The first-order chi connectivity index (χ1) is 7.10. The normalized spacial score (nSPS) is 12.1. The van der Waals surface area contributed by atoms with Crippen molar-refractivity contribution < 1.29 is 9.72 Å². The summed E-state index contributed by atoms with van der Waals surface area (Å²) in [6.07, 6.45) is 2.60. The van der Waals surface area contributed by atoms with Crippen LogP contribution in [0.1, 0.15) is 18.4 Å². The molecular formula is C10H11NO3S. The lowest BCUT2D eigenvalue weighted by molar-refractivity contribution is -0.387. The molecule has 1 aromatic carbocycles. The molecule has 0 heterocycles. The highest BCUT2D eigenvalue weighted by atomic mass is 32.2. The molecule has 0 saturated heterocycles. The van der Waals surface area contributed by atoms with Crippen LogP contribution in [0.4, 0.5) is 5.69 Å². The molecule has 0 radical (unpaired) electrons. The number of nitro groups is 1. The largest absolute Gasteiger partial charge is 0.303 e. The van der Waals surface area contributed by atoms with Gasteiger partial charge in [0.15, 0.2) is 0 Å². The van der Waals surface area contributed by atoms with Crippen LogP contribution in [0, 0.1) is 10.1 Å². The summed E-state index contributed by atoms with van der Waals surface area (Å²) in [4.78, 5) is 21.4. The van der Waals surface area contributed by atoms with Gasteiger partial charge in [-0.05, 0) is 17.9 Å². The minimum atomic E-state index is -0.415. The van der Waals surface area contributed by atoms with E-state index in [0.717, 1.165) is 11.8 Å². The minimum Gasteiger partial charge on any atom is -0.303 e. The number of carbonyl (C=O) groups is 1. The predicted octanol–water partition coefficient (Wildman–Crippen LogP) is 2.62. The molecule has 80 valence electrons. The zero-order chi connectivity index (χ0) is 11.4. The Hall–Kier alpha value is -1.36. The van der Waals surface area contributed by atoms with E-state index < -0.39 is 4.92 Å². The summed E-state index contributed by atoms with van der Waals surface area (Å²) in [5, 5.41) is 10.7. The second kappa shape index (κ2) is 4.93. The van der Waals surface area contributed by atoms with Gasteiger partial charge in [0.2, 0.25) is 0 Å². The maximum absolute atomic E-state index is 10.7. The number of carbonyl (C=O) groups excluding carboxylic acids is 1. The molecule has 0 fully saturated rings. The highest BCUT2D eigenvalue weighted by Crippen LogP contribution is 2.30. The van der Waals surface area contributed by atoms with Crippen LogP contribution in [0.3, 0.4) is 0 Å². The van der Waals surface area contributed by atoms with Crippen LogP contribution in [0.5, 0.6) is 0 Å². The first-order valence-electron chi connectivity index (χ1n) is 4.37. The van der Waals surface area contributed by atoms with Crippen molar-refractivity contribution in [2.45, 2.75) is 17.7 Å². The van der Waals surface area contributed by atoms with Crippen LogP contribution in [0.25, 0.3) is 0 Å². The van der Waals surface area contributed by atoms with Crippen molar-refractivity contribution >= 4 is 23.7 Å². The smallest absolute Gasteiger partial charge is 0.282 e. The Morgan fingerprint density at radius 3 is 2.67 bits per heavy atom. The summed E-state index contributed by atoms with van der Waals surface area (Å²) in [7, 11) is 0. The zero-order valence-corrected chi connectivity index (χ0v) is 9.28. The van der Waals surface area contributed by atoms with E-state index in [1.54, 1.807) is 25.3 Å². The van der Waals surface area contributed by atoms with Crippen LogP contribution < -0.4 is 0 Å². The minimum absolute atomic E-state index is 0.0874. The van der Waals surface area contributed by atoms with Gasteiger partial charge < -0.3 is 4.79 Å². The molecule has 5 heteroatoms. The molecule has 1 unspecified atom stereocenters. The summed E-state index contributed by atoms with van der Waals surface area (Å²) < 4.78 is 0. The van der Waals surface area contributed by atoms with Crippen molar-refractivity contribution in [1.82, 2.24) is 0 Å². The summed E-state index contributed by atoms with van der Waals surface area (Å²) in [5.74, 6) is -0.225. The lowest BCUT2D eigenvalue weighted by Crippen LogP contribution is -1.97. The monoisotopic (exact) mass is 225 g/mol. The highest BCUT2D eigenvalue weighted by Gasteiger charge is 2.15. The summed E-state index contributed by atoms with van der Waals surface area (Å²) >= 11 is 1.31. The van der Waals surface area contributed by atoms with Crippen molar-refractivity contribution in [3.05, 3.63) is 33.9 Å². The fourth-order valence-corrected chi connectivity index (χ4v) is 1.81. The molecule has 1 aromatic rings. The number of rotatable bonds is 4. The second-order valence-corrected chi connectivity index (χ2v) is 3.96. The molecule has 0 bridgehead atoms. The molecule has 0 saturated carbocycles. The molecule has 0 aromatic heterocycles. The summed E-state index contributed by atoms with van der Waals surface area (Å²) in [5.41, 5.74) is 0.893. The Bertz CT molecular complexity index is 392. The van der Waals surface area contributed by atoms with Gasteiger partial charge in [0, 0.05) is 12.0 Å². The average Bonchev–Trinajstić information content (AvgIpc) is 2.26. The quantitative estimate of drug-likeness (QED) is 0.342. The second-order valence-electron chi connectivity index (χ2n) is 3.11. The van der Waals surface area contributed by atoms with Gasteiger partial charge in [-0.25, -0.2) is 0 Å². The topological polar surface area (TPSA) is 60.2 Å². The highest BCUT2D eigenvalue weighted by molar-refractivity contribution is 7.98. The summed E-state index contributed by atoms with van der Waals surface area (Å²) in [6, 6.07) is 4.76. The Morgan fingerprint density at radius 1 is 1.53 bits per heavy atom. The molecule has 0 aliphatic heterocycles. The SMILES string of the molecule is CSc1cc(C(C)C=O)ccc1[N+](=O)[O-]. The maximum atomic E-state index is 10.7. The molecule has 0 aliphatic rings. The number of hydrogen-bond donors (Lipinski definition) is 0. The first-order valence-corrected chi connectivity index (χ1v) is 5.60. The number of nitro benzene ring substituents is 1. The van der Waals surface area contributed by atoms with E-state index in [-0.39, 0.29) is 11.6 Å². The third kappa shape index (κ3) is 2.56. The van der Waals surface area contributed by atoms with Gasteiger partial charge in [-0.1, -0.05) is 13.0 Å². The third-order valence-electron chi connectivity index (χ3n) is 2.13. The van der Waals surface area contributed by atoms with Crippen molar-refractivity contribution in [2.75, 3.05) is 6.26 Å². The van der Waals surface area contributed by atoms with Gasteiger partial charge in [0.05, 0.1) is 9.82 Å². The lowest BCUT2D eigenvalue weighted by Gasteiger charge is -2.06. The third-order valence-corrected chi connectivity index (χ3v) is 2.90. The molecule has 0 amide bonds. The van der Waals surface area contributed by atoms with Gasteiger partial charge in [-0.2, -0.15) is 0 Å². The number of benzene rings is 1. The fraction of sp³-hybridized carbons (Fsp3) is 0.300. The van der Waals surface area contributed by atoms with Gasteiger partial charge in [0.1, 0.15) is 6.29 Å². The van der Waals surface area contributed by atoms with Crippen LogP contribution in [-0.2, 0) is 4.79 Å². The van der Waals surface area contributed by atoms with Crippen LogP contribution in [0.15, 0.2) is 23.1 Å². The standard InChI is InChI=1S/C10H11NO3S/c1-7(6-12)8-3-4-9(11(13)14)10(5-8)15-2/h3-7H,1-2H3. The number of aldehydes is 1. The van der Waals surface area contributed by atoms with Crippen LogP contribution in [-0.4, -0.2) is 17.5 Å². The number of hydrogen-bond acceptors (Lipinski definition) is 4. The number of thioether (sulfide) groups is 1. The van der Waals surface area contributed by atoms with Gasteiger partial charge in [-0.3, -0.25) is 10.1 Å². The first kappa shape index (κ1) is 11.7. The molecule has 1 rings (SSSR count). The molecule has 4 nitrogen and oxygen atoms in total. The Labute approximate surface area is 91.8 Å². The average molecular weight is 225 g/mol. The van der Waals surface area contributed by atoms with Crippen LogP contribution in [0.2, 0.25) is 0 Å². The predicted molar refractivity (Wildman–Crippen MR) is 59.4 cm³/mol. The Morgan fingerprint density at radius 2 is 2.20 bits per heavy atom. The maximum Gasteiger partial charge on any atom is 0.282 e.